The zero-order chi connectivity index (χ0) is 35.6. The number of azo groups is 1. The molecule has 14 nitrogen and oxygen atoms in total. The van der Waals surface area contributed by atoms with Gasteiger partial charge in [0, 0.05) is 57.3 Å². The first kappa shape index (κ1) is 37.0. The van der Waals surface area contributed by atoms with Crippen LogP contribution in [-0.2, 0) is 13.3 Å². The number of anilines is 1. The van der Waals surface area contributed by atoms with E-state index in [1.807, 2.05) is 32.9 Å². The molecule has 0 fully saturated rings. The second-order valence-electron chi connectivity index (χ2n) is 10.8. The van der Waals surface area contributed by atoms with E-state index in [1.165, 1.54) is 30.3 Å². The fourth-order valence-electron chi connectivity index (χ4n) is 5.45. The van der Waals surface area contributed by atoms with E-state index >= 15 is 0 Å². The first-order chi connectivity index (χ1) is 23.6. The van der Waals surface area contributed by atoms with E-state index in [1.54, 1.807) is 12.1 Å². The molecule has 1 heterocycles. The third-order valence-corrected chi connectivity index (χ3v) is 10.9. The maximum atomic E-state index is 13.3. The number of esters is 1. The van der Waals surface area contributed by atoms with Crippen molar-refractivity contribution in [2.75, 3.05) is 44.4 Å². The number of benzene rings is 3. The number of imide groups is 1. The van der Waals surface area contributed by atoms with Crippen LogP contribution in [0.3, 0.4) is 0 Å². The molecule has 0 saturated heterocycles. The van der Waals surface area contributed by atoms with Crippen molar-refractivity contribution < 1.29 is 37.3 Å². The predicted octanol–water partition coefficient (Wildman–Crippen LogP) is 7.11. The summed E-state index contributed by atoms with van der Waals surface area (Å²) >= 11 is 0. The van der Waals surface area contributed by atoms with Crippen LogP contribution in [0.1, 0.15) is 72.1 Å². The van der Waals surface area contributed by atoms with Crippen LogP contribution in [0.15, 0.2) is 70.9 Å². The first-order valence-electron chi connectivity index (χ1n) is 16.3. The summed E-state index contributed by atoms with van der Waals surface area (Å²) in [5.74, 6) is -2.13. The van der Waals surface area contributed by atoms with Crippen molar-refractivity contribution in [3.8, 4) is 5.75 Å². The monoisotopic (exact) mass is 691 g/mol. The van der Waals surface area contributed by atoms with Crippen molar-refractivity contribution in [1.29, 1.82) is 0 Å². The molecule has 15 heteroatoms. The predicted molar refractivity (Wildman–Crippen MR) is 184 cm³/mol. The molecular formula is C34H41N5O9Si. The number of carbonyl (C=O) groups excluding carboxylic acids is 3. The molecule has 1 aliphatic rings. The zero-order valence-electron chi connectivity index (χ0n) is 28.3. The smallest absolute Gasteiger partial charge is 0.420 e. The van der Waals surface area contributed by atoms with Crippen LogP contribution in [0.5, 0.6) is 5.75 Å². The number of nitro benzene ring substituents is 1. The van der Waals surface area contributed by atoms with Crippen molar-refractivity contribution in [2.45, 2.75) is 47.1 Å². The zero-order valence-corrected chi connectivity index (χ0v) is 29.3. The van der Waals surface area contributed by atoms with Gasteiger partial charge in [-0.2, -0.15) is 5.11 Å². The Morgan fingerprint density at radius 3 is 2.06 bits per heavy atom. The topological polar surface area (TPSA) is 162 Å². The fourth-order valence-corrected chi connectivity index (χ4v) is 8.04. The van der Waals surface area contributed by atoms with Gasteiger partial charge in [-0.05, 0) is 89.6 Å². The molecule has 0 N–H and O–H groups in total. The molecule has 0 aliphatic carbocycles. The molecule has 0 saturated carbocycles. The summed E-state index contributed by atoms with van der Waals surface area (Å²) in [5.41, 5.74) is 1.49. The Labute approximate surface area is 286 Å². The van der Waals surface area contributed by atoms with E-state index in [0.717, 1.165) is 29.7 Å². The molecule has 0 aromatic heterocycles. The van der Waals surface area contributed by atoms with Crippen LogP contribution < -0.4 is 9.64 Å². The molecule has 3 aromatic carbocycles. The Hall–Kier alpha value is -4.83. The Morgan fingerprint density at radius 1 is 0.837 bits per heavy atom. The van der Waals surface area contributed by atoms with Crippen LogP contribution in [-0.4, -0.2) is 75.9 Å². The number of nitro groups is 1. The van der Waals surface area contributed by atoms with Gasteiger partial charge in [0.2, 0.25) is 0 Å². The first-order valence-corrected chi connectivity index (χ1v) is 18.2. The third kappa shape index (κ3) is 8.80. The Bertz CT molecular complexity index is 1680. The van der Waals surface area contributed by atoms with E-state index in [0.29, 0.717) is 38.0 Å². The number of rotatable bonds is 18. The highest BCUT2D eigenvalue weighted by atomic mass is 28.4. The maximum Gasteiger partial charge on any atom is 0.500 e. The number of hydrogen-bond acceptors (Lipinski definition) is 12. The Kier molecular flexibility index (Phi) is 12.8. The van der Waals surface area contributed by atoms with Crippen molar-refractivity contribution >= 4 is 49.3 Å². The number of hydrogen-bond donors (Lipinski definition) is 0. The van der Waals surface area contributed by atoms with Gasteiger partial charge in [0.25, 0.3) is 17.5 Å². The van der Waals surface area contributed by atoms with E-state index in [4.69, 9.17) is 18.0 Å². The molecular weight excluding hydrogens is 650 g/mol. The van der Waals surface area contributed by atoms with Crippen LogP contribution in [0, 0.1) is 10.1 Å². The van der Waals surface area contributed by atoms with Gasteiger partial charge in [-0.25, -0.2) is 4.79 Å². The minimum atomic E-state index is -2.97. The van der Waals surface area contributed by atoms with Crippen LogP contribution in [0.2, 0.25) is 6.04 Å². The normalized spacial score (nSPS) is 12.9. The average Bonchev–Trinajstić information content (AvgIpc) is 3.33. The van der Waals surface area contributed by atoms with Crippen molar-refractivity contribution in [1.82, 2.24) is 4.90 Å². The van der Waals surface area contributed by atoms with E-state index in [9.17, 15) is 24.5 Å². The molecule has 0 bridgehead atoms. The highest BCUT2D eigenvalue weighted by Crippen LogP contribution is 2.34. The molecule has 0 radical (unpaired) electrons. The molecule has 0 spiro atoms. The van der Waals surface area contributed by atoms with Crippen molar-refractivity contribution in [2.24, 2.45) is 10.2 Å². The number of carbonyl (C=O) groups is 3. The van der Waals surface area contributed by atoms with Gasteiger partial charge in [-0.1, -0.05) is 0 Å². The lowest BCUT2D eigenvalue weighted by molar-refractivity contribution is -0.384. The van der Waals surface area contributed by atoms with Gasteiger partial charge in [0.1, 0.15) is 5.69 Å². The summed E-state index contributed by atoms with van der Waals surface area (Å²) in [6.45, 7) is 12.7. The fraction of sp³-hybridized carbons (Fsp3) is 0.382. The lowest BCUT2D eigenvalue weighted by Crippen LogP contribution is -2.46. The van der Waals surface area contributed by atoms with Gasteiger partial charge in [0.15, 0.2) is 5.75 Å². The number of amides is 2. The number of non-ortho nitro benzene ring substituents is 1. The molecule has 1 aliphatic heterocycles. The largest absolute Gasteiger partial charge is 0.500 e. The number of ether oxygens (including phenoxy) is 1. The van der Waals surface area contributed by atoms with E-state index < -0.39 is 31.5 Å². The summed E-state index contributed by atoms with van der Waals surface area (Å²) in [6.07, 6.45) is 0.400. The number of nitrogens with zero attached hydrogens (tertiary/aromatic N) is 5. The van der Waals surface area contributed by atoms with Crippen LogP contribution in [0.4, 0.5) is 22.7 Å². The molecule has 0 atom stereocenters. The summed E-state index contributed by atoms with van der Waals surface area (Å²) in [5, 5.41) is 19.9. The quantitative estimate of drug-likeness (QED) is 0.0255. The van der Waals surface area contributed by atoms with Gasteiger partial charge in [-0.3, -0.25) is 24.6 Å². The Balaban J connectivity index is 1.51. The molecule has 4 rings (SSSR count). The van der Waals surface area contributed by atoms with Crippen molar-refractivity contribution in [3.05, 3.63) is 87.5 Å². The second-order valence-corrected chi connectivity index (χ2v) is 13.5. The van der Waals surface area contributed by atoms with Gasteiger partial charge >= 0.3 is 14.8 Å². The lowest BCUT2D eigenvalue weighted by Gasteiger charge is -2.28. The minimum Gasteiger partial charge on any atom is -0.420 e. The minimum absolute atomic E-state index is 0.0291. The van der Waals surface area contributed by atoms with Crippen LogP contribution in [0.25, 0.3) is 0 Å². The lowest BCUT2D eigenvalue weighted by atomic mass is 10.1. The summed E-state index contributed by atoms with van der Waals surface area (Å²) in [6, 6.07) is 15.5. The van der Waals surface area contributed by atoms with Gasteiger partial charge < -0.3 is 22.9 Å². The number of fused-ring (bicyclic) bond motifs is 1. The highest BCUT2D eigenvalue weighted by Gasteiger charge is 2.41. The van der Waals surface area contributed by atoms with Crippen LogP contribution >= 0.6 is 0 Å². The standard InChI is InChI=1S/C34H41N5O9Si/c1-6-37(7-2)26-15-13-25(14-16-26)35-36-30-19-17-27(39(43)44)23-31(30)48-34(42)24-12-18-28-29(22-24)33(41)38(32(28)40)20-11-21-49(45-8-3,46-9-4)47-10-5/h12-19,22-23H,6-11,20-21H2,1-5H3. The summed E-state index contributed by atoms with van der Waals surface area (Å²) in [4.78, 5) is 54.0. The second kappa shape index (κ2) is 17.0. The molecule has 0 unspecified atom stereocenters. The van der Waals surface area contributed by atoms with Gasteiger partial charge in [0.05, 0.1) is 33.4 Å². The van der Waals surface area contributed by atoms with E-state index in [-0.39, 0.29) is 40.4 Å². The highest BCUT2D eigenvalue weighted by molar-refractivity contribution is 6.60. The SMILES string of the molecule is CCO[Si](CCCN1C(=O)c2ccc(C(=O)Oc3cc([N+](=O)[O-])ccc3N=Nc3ccc(N(CC)CC)cc3)cc2C1=O)(OCC)OCC. The maximum absolute atomic E-state index is 13.3. The summed E-state index contributed by atoms with van der Waals surface area (Å²) in [7, 11) is -2.97. The average molecular weight is 692 g/mol. The molecule has 3 aromatic rings. The molecule has 260 valence electrons. The molecule has 49 heavy (non-hydrogen) atoms. The van der Waals surface area contributed by atoms with Crippen molar-refractivity contribution in [3.63, 3.8) is 0 Å². The Morgan fingerprint density at radius 2 is 1.47 bits per heavy atom. The van der Waals surface area contributed by atoms with E-state index in [2.05, 4.69) is 29.0 Å². The third-order valence-electron chi connectivity index (χ3n) is 7.77. The van der Waals surface area contributed by atoms with Gasteiger partial charge in [-0.15, -0.1) is 5.11 Å². The summed E-state index contributed by atoms with van der Waals surface area (Å²) < 4.78 is 23.2. The molecule has 2 amide bonds.